The summed E-state index contributed by atoms with van der Waals surface area (Å²) in [4.78, 5) is 13.8. The van der Waals surface area contributed by atoms with E-state index in [1.54, 1.807) is 0 Å². The van der Waals surface area contributed by atoms with E-state index in [0.29, 0.717) is 12.6 Å². The Balaban J connectivity index is 4.08. The molecule has 0 heterocycles. The van der Waals surface area contributed by atoms with Crippen LogP contribution in [-0.4, -0.2) is 42.8 Å². The number of carbonyl (C=O) groups excluding carboxylic acids is 1. The second-order valence-electron chi connectivity index (χ2n) is 5.40. The van der Waals surface area contributed by atoms with Crippen molar-refractivity contribution in [3.05, 3.63) is 0 Å². The lowest BCUT2D eigenvalue weighted by Crippen LogP contribution is -2.43. The van der Waals surface area contributed by atoms with Gasteiger partial charge in [0, 0.05) is 12.6 Å². The highest BCUT2D eigenvalue weighted by atomic mass is 16.6. The minimum Gasteiger partial charge on any atom is -0.444 e. The van der Waals surface area contributed by atoms with Crippen molar-refractivity contribution in [3.8, 4) is 0 Å². The van der Waals surface area contributed by atoms with Gasteiger partial charge in [-0.15, -0.1) is 0 Å². The van der Waals surface area contributed by atoms with Crippen molar-refractivity contribution in [2.45, 2.75) is 59.1 Å². The molecule has 0 spiro atoms. The lowest BCUT2D eigenvalue weighted by molar-refractivity contribution is 0.0510. The standard InChI is InChI=1S/C13H28N2O2/c1-7-9-11(15(6)8-2)10-14-12(16)17-13(3,4)5/h11H,7-10H2,1-6H3,(H,14,16). The quantitative estimate of drug-likeness (QED) is 0.781. The first-order valence-electron chi connectivity index (χ1n) is 6.47. The number of ether oxygens (including phenoxy) is 1. The summed E-state index contributed by atoms with van der Waals surface area (Å²) in [6.45, 7) is 11.5. The Morgan fingerprint density at radius 3 is 2.35 bits per heavy atom. The summed E-state index contributed by atoms with van der Waals surface area (Å²) in [6, 6.07) is 0.387. The average molecular weight is 244 g/mol. The number of amides is 1. The van der Waals surface area contributed by atoms with Crippen LogP contribution in [0.5, 0.6) is 0 Å². The summed E-state index contributed by atoms with van der Waals surface area (Å²) in [6.07, 6.45) is 1.87. The van der Waals surface area contributed by atoms with E-state index in [1.807, 2.05) is 20.8 Å². The summed E-state index contributed by atoms with van der Waals surface area (Å²) in [5.41, 5.74) is -0.430. The molecule has 1 N–H and O–H groups in total. The zero-order chi connectivity index (χ0) is 13.5. The van der Waals surface area contributed by atoms with Gasteiger partial charge in [0.05, 0.1) is 0 Å². The van der Waals surface area contributed by atoms with Gasteiger partial charge in [-0.25, -0.2) is 4.79 Å². The van der Waals surface area contributed by atoms with E-state index < -0.39 is 5.60 Å². The monoisotopic (exact) mass is 244 g/mol. The Morgan fingerprint density at radius 1 is 1.35 bits per heavy atom. The molecule has 0 aliphatic rings. The molecule has 1 amide bonds. The van der Waals surface area contributed by atoms with Crippen LogP contribution >= 0.6 is 0 Å². The fourth-order valence-corrected chi connectivity index (χ4v) is 1.59. The van der Waals surface area contributed by atoms with Crippen molar-refractivity contribution >= 4 is 6.09 Å². The number of rotatable bonds is 6. The maximum atomic E-state index is 11.5. The number of hydrogen-bond acceptors (Lipinski definition) is 3. The molecule has 0 bridgehead atoms. The number of hydrogen-bond donors (Lipinski definition) is 1. The third-order valence-corrected chi connectivity index (χ3v) is 2.62. The molecule has 0 saturated heterocycles. The molecule has 0 aromatic heterocycles. The number of alkyl carbamates (subject to hydrolysis) is 1. The predicted octanol–water partition coefficient (Wildman–Crippen LogP) is 2.63. The van der Waals surface area contributed by atoms with Gasteiger partial charge in [0.1, 0.15) is 5.60 Å². The second kappa shape index (κ2) is 7.54. The van der Waals surface area contributed by atoms with Gasteiger partial charge in [-0.3, -0.25) is 0 Å². The van der Waals surface area contributed by atoms with Crippen LogP contribution < -0.4 is 5.32 Å². The summed E-state index contributed by atoms with van der Waals surface area (Å²) in [7, 11) is 2.08. The molecule has 0 saturated carbocycles. The van der Waals surface area contributed by atoms with E-state index in [0.717, 1.165) is 19.4 Å². The molecule has 1 unspecified atom stereocenters. The molecule has 0 radical (unpaired) electrons. The van der Waals surface area contributed by atoms with Gasteiger partial charge >= 0.3 is 6.09 Å². The predicted molar refractivity (Wildman–Crippen MR) is 71.2 cm³/mol. The fourth-order valence-electron chi connectivity index (χ4n) is 1.59. The van der Waals surface area contributed by atoms with Crippen LogP contribution in [0.1, 0.15) is 47.5 Å². The van der Waals surface area contributed by atoms with Crippen molar-refractivity contribution in [1.29, 1.82) is 0 Å². The van der Waals surface area contributed by atoms with Gasteiger partial charge in [-0.1, -0.05) is 20.3 Å². The first-order valence-corrected chi connectivity index (χ1v) is 6.47. The van der Waals surface area contributed by atoms with Gasteiger partial charge in [0.15, 0.2) is 0 Å². The molecule has 0 aromatic carbocycles. The summed E-state index contributed by atoms with van der Waals surface area (Å²) in [5.74, 6) is 0. The Bertz CT molecular complexity index is 224. The van der Waals surface area contributed by atoms with Crippen molar-refractivity contribution < 1.29 is 9.53 Å². The topological polar surface area (TPSA) is 41.6 Å². The average Bonchev–Trinajstić information content (AvgIpc) is 2.20. The molecule has 1 atom stereocenters. The van der Waals surface area contributed by atoms with Crippen LogP contribution in [-0.2, 0) is 4.74 Å². The highest BCUT2D eigenvalue weighted by Crippen LogP contribution is 2.07. The van der Waals surface area contributed by atoms with Crippen molar-refractivity contribution in [2.24, 2.45) is 0 Å². The Morgan fingerprint density at radius 2 is 1.94 bits per heavy atom. The molecular weight excluding hydrogens is 216 g/mol. The summed E-state index contributed by atoms with van der Waals surface area (Å²) >= 11 is 0. The van der Waals surface area contributed by atoms with E-state index in [4.69, 9.17) is 4.74 Å². The van der Waals surface area contributed by atoms with Gasteiger partial charge in [-0.05, 0) is 40.8 Å². The van der Waals surface area contributed by atoms with E-state index in [2.05, 4.69) is 31.1 Å². The minimum atomic E-state index is -0.430. The molecule has 17 heavy (non-hydrogen) atoms. The Kier molecular flexibility index (Phi) is 7.19. The SMILES string of the molecule is CCCC(CNC(=O)OC(C)(C)C)N(C)CC. The van der Waals surface area contributed by atoms with Crippen molar-refractivity contribution in [2.75, 3.05) is 20.1 Å². The maximum absolute atomic E-state index is 11.5. The van der Waals surface area contributed by atoms with E-state index >= 15 is 0 Å². The van der Waals surface area contributed by atoms with Crippen LogP contribution in [0.2, 0.25) is 0 Å². The zero-order valence-corrected chi connectivity index (χ0v) is 12.2. The number of nitrogens with one attached hydrogen (secondary N) is 1. The number of nitrogens with zero attached hydrogens (tertiary/aromatic N) is 1. The molecule has 4 nitrogen and oxygen atoms in total. The van der Waals surface area contributed by atoms with Crippen LogP contribution in [0.4, 0.5) is 4.79 Å². The second-order valence-corrected chi connectivity index (χ2v) is 5.40. The molecular formula is C13H28N2O2. The van der Waals surface area contributed by atoms with Gasteiger partial charge in [0.2, 0.25) is 0 Å². The lowest BCUT2D eigenvalue weighted by atomic mass is 10.1. The molecule has 0 aromatic rings. The molecule has 0 aliphatic heterocycles. The third-order valence-electron chi connectivity index (χ3n) is 2.62. The molecule has 0 aliphatic carbocycles. The normalized spacial score (nSPS) is 13.6. The zero-order valence-electron chi connectivity index (χ0n) is 12.2. The van der Waals surface area contributed by atoms with Crippen LogP contribution in [0.25, 0.3) is 0 Å². The lowest BCUT2D eigenvalue weighted by Gasteiger charge is -2.27. The highest BCUT2D eigenvalue weighted by Gasteiger charge is 2.18. The number of likely N-dealkylation sites (N-methyl/N-ethyl adjacent to an activating group) is 1. The Hall–Kier alpha value is -0.770. The van der Waals surface area contributed by atoms with Gasteiger partial charge in [-0.2, -0.15) is 0 Å². The van der Waals surface area contributed by atoms with E-state index in [1.165, 1.54) is 0 Å². The molecule has 4 heteroatoms. The molecule has 102 valence electrons. The summed E-state index contributed by atoms with van der Waals surface area (Å²) in [5, 5.41) is 2.84. The smallest absolute Gasteiger partial charge is 0.407 e. The fraction of sp³-hybridized carbons (Fsp3) is 0.923. The highest BCUT2D eigenvalue weighted by molar-refractivity contribution is 5.67. The van der Waals surface area contributed by atoms with Crippen molar-refractivity contribution in [3.63, 3.8) is 0 Å². The van der Waals surface area contributed by atoms with Gasteiger partial charge in [0.25, 0.3) is 0 Å². The molecule has 0 fully saturated rings. The Labute approximate surface area is 106 Å². The van der Waals surface area contributed by atoms with Gasteiger partial charge < -0.3 is 15.0 Å². The first-order chi connectivity index (χ1) is 7.80. The third kappa shape index (κ3) is 8.02. The van der Waals surface area contributed by atoms with Crippen LogP contribution in [0.3, 0.4) is 0 Å². The van der Waals surface area contributed by atoms with Crippen LogP contribution in [0, 0.1) is 0 Å². The minimum absolute atomic E-state index is 0.330. The number of carbonyl (C=O) groups is 1. The van der Waals surface area contributed by atoms with Crippen molar-refractivity contribution in [1.82, 2.24) is 10.2 Å². The largest absolute Gasteiger partial charge is 0.444 e. The van der Waals surface area contributed by atoms with E-state index in [9.17, 15) is 4.79 Å². The molecule has 0 rings (SSSR count). The van der Waals surface area contributed by atoms with E-state index in [-0.39, 0.29) is 6.09 Å². The van der Waals surface area contributed by atoms with Crippen LogP contribution in [0.15, 0.2) is 0 Å². The summed E-state index contributed by atoms with van der Waals surface area (Å²) < 4.78 is 5.21. The maximum Gasteiger partial charge on any atom is 0.407 e. The first kappa shape index (κ1) is 16.2.